The largest absolute Gasteiger partial charge is 0.382 e. The SMILES string of the molecule is CCCN1CCCC(Nc2ccc3sccc3c2)CC1. The third kappa shape index (κ3) is 3.33. The van der Waals surface area contributed by atoms with Gasteiger partial charge in [-0.05, 0) is 73.8 Å². The molecule has 2 aromatic rings. The van der Waals surface area contributed by atoms with Gasteiger partial charge in [-0.2, -0.15) is 0 Å². The number of anilines is 1. The summed E-state index contributed by atoms with van der Waals surface area (Å²) in [6, 6.07) is 9.60. The van der Waals surface area contributed by atoms with Gasteiger partial charge in [0.25, 0.3) is 0 Å². The molecular formula is C17H24N2S. The molecule has 1 unspecified atom stereocenters. The Hall–Kier alpha value is -1.06. The number of hydrogen-bond donors (Lipinski definition) is 1. The number of rotatable bonds is 4. The molecule has 108 valence electrons. The first-order chi connectivity index (χ1) is 9.85. The van der Waals surface area contributed by atoms with E-state index in [1.807, 2.05) is 11.3 Å². The zero-order valence-corrected chi connectivity index (χ0v) is 13.1. The predicted octanol–water partition coefficient (Wildman–Crippen LogP) is 4.58. The van der Waals surface area contributed by atoms with Gasteiger partial charge in [-0.15, -0.1) is 11.3 Å². The molecule has 1 aliphatic heterocycles. The smallest absolute Gasteiger partial charge is 0.0349 e. The molecule has 0 bridgehead atoms. The Morgan fingerprint density at radius 3 is 3.10 bits per heavy atom. The molecule has 0 amide bonds. The standard InChI is InChI=1S/C17H24N2S/c1-2-9-19-10-3-4-15(7-11-19)18-16-5-6-17-14(13-16)8-12-20-17/h5-6,8,12-13,15,18H,2-4,7,9-11H2,1H3. The summed E-state index contributed by atoms with van der Waals surface area (Å²) >= 11 is 1.82. The van der Waals surface area contributed by atoms with Crippen molar-refractivity contribution in [1.29, 1.82) is 0 Å². The Bertz CT molecular complexity index is 549. The van der Waals surface area contributed by atoms with Crippen LogP contribution in [0.1, 0.15) is 32.6 Å². The van der Waals surface area contributed by atoms with Crippen LogP contribution in [0.15, 0.2) is 29.6 Å². The Morgan fingerprint density at radius 1 is 1.25 bits per heavy atom. The van der Waals surface area contributed by atoms with Crippen molar-refractivity contribution in [3.05, 3.63) is 29.6 Å². The first-order valence-electron chi connectivity index (χ1n) is 7.81. The summed E-state index contributed by atoms with van der Waals surface area (Å²) < 4.78 is 1.38. The van der Waals surface area contributed by atoms with Crippen LogP contribution >= 0.6 is 11.3 Å². The highest BCUT2D eigenvalue weighted by molar-refractivity contribution is 7.17. The third-order valence-corrected chi connectivity index (χ3v) is 5.08. The van der Waals surface area contributed by atoms with Gasteiger partial charge in [0.15, 0.2) is 0 Å². The van der Waals surface area contributed by atoms with Crippen LogP contribution in [0.4, 0.5) is 5.69 Å². The Labute approximate surface area is 125 Å². The third-order valence-electron chi connectivity index (χ3n) is 4.18. The fraction of sp³-hybridized carbons (Fsp3) is 0.529. The van der Waals surface area contributed by atoms with Crippen molar-refractivity contribution in [1.82, 2.24) is 4.90 Å². The molecular weight excluding hydrogens is 264 g/mol. The number of nitrogens with zero attached hydrogens (tertiary/aromatic N) is 1. The maximum atomic E-state index is 3.74. The molecule has 0 aliphatic carbocycles. The Kier molecular flexibility index (Phi) is 4.58. The molecule has 1 atom stereocenters. The van der Waals surface area contributed by atoms with Crippen molar-refractivity contribution in [3.8, 4) is 0 Å². The highest BCUT2D eigenvalue weighted by atomic mass is 32.1. The van der Waals surface area contributed by atoms with Crippen LogP contribution in [0, 0.1) is 0 Å². The van der Waals surface area contributed by atoms with Gasteiger partial charge in [0.05, 0.1) is 0 Å². The van der Waals surface area contributed by atoms with E-state index < -0.39 is 0 Å². The van der Waals surface area contributed by atoms with Gasteiger partial charge in [-0.25, -0.2) is 0 Å². The van der Waals surface area contributed by atoms with Crippen LogP contribution in [0.3, 0.4) is 0 Å². The molecule has 2 nitrogen and oxygen atoms in total. The van der Waals surface area contributed by atoms with Gasteiger partial charge in [-0.1, -0.05) is 6.92 Å². The Morgan fingerprint density at radius 2 is 2.20 bits per heavy atom. The van der Waals surface area contributed by atoms with E-state index in [1.54, 1.807) is 0 Å². The molecule has 1 aromatic carbocycles. The summed E-state index contributed by atoms with van der Waals surface area (Å²) in [6.45, 7) is 6.05. The zero-order chi connectivity index (χ0) is 13.8. The second kappa shape index (κ2) is 6.59. The molecule has 1 N–H and O–H groups in total. The maximum Gasteiger partial charge on any atom is 0.0349 e. The zero-order valence-electron chi connectivity index (χ0n) is 12.3. The number of hydrogen-bond acceptors (Lipinski definition) is 3. The summed E-state index contributed by atoms with van der Waals surface area (Å²) in [7, 11) is 0. The van der Waals surface area contributed by atoms with Crippen LogP contribution < -0.4 is 5.32 Å². The minimum absolute atomic E-state index is 0.632. The van der Waals surface area contributed by atoms with Crippen LogP contribution in [-0.4, -0.2) is 30.6 Å². The monoisotopic (exact) mass is 288 g/mol. The average Bonchev–Trinajstić information content (AvgIpc) is 2.81. The number of thiophene rings is 1. The second-order valence-electron chi connectivity index (χ2n) is 5.79. The van der Waals surface area contributed by atoms with Crippen molar-refractivity contribution in [2.75, 3.05) is 25.0 Å². The summed E-state index contributed by atoms with van der Waals surface area (Å²) in [4.78, 5) is 2.61. The normalized spacial score (nSPS) is 20.9. The average molecular weight is 288 g/mol. The van der Waals surface area contributed by atoms with Crippen molar-refractivity contribution in [3.63, 3.8) is 0 Å². The van der Waals surface area contributed by atoms with Crippen LogP contribution in [0.5, 0.6) is 0 Å². The fourth-order valence-electron chi connectivity index (χ4n) is 3.13. The van der Waals surface area contributed by atoms with Gasteiger partial charge < -0.3 is 10.2 Å². The van der Waals surface area contributed by atoms with Crippen molar-refractivity contribution in [2.24, 2.45) is 0 Å². The van der Waals surface area contributed by atoms with E-state index in [-0.39, 0.29) is 0 Å². The Balaban J connectivity index is 1.62. The number of fused-ring (bicyclic) bond motifs is 1. The minimum Gasteiger partial charge on any atom is -0.382 e. The second-order valence-corrected chi connectivity index (χ2v) is 6.73. The molecule has 0 saturated carbocycles. The maximum absolute atomic E-state index is 3.74. The molecule has 0 spiro atoms. The van der Waals surface area contributed by atoms with Crippen molar-refractivity contribution in [2.45, 2.75) is 38.6 Å². The molecule has 20 heavy (non-hydrogen) atoms. The van der Waals surface area contributed by atoms with E-state index in [4.69, 9.17) is 0 Å². The summed E-state index contributed by atoms with van der Waals surface area (Å²) in [6.07, 6.45) is 5.15. The minimum atomic E-state index is 0.632. The molecule has 1 fully saturated rings. The molecule has 3 heteroatoms. The highest BCUT2D eigenvalue weighted by Crippen LogP contribution is 2.25. The molecule has 1 aliphatic rings. The van der Waals surface area contributed by atoms with Gasteiger partial charge in [-0.3, -0.25) is 0 Å². The predicted molar refractivity (Wildman–Crippen MR) is 89.8 cm³/mol. The van der Waals surface area contributed by atoms with Gasteiger partial charge >= 0.3 is 0 Å². The lowest BCUT2D eigenvalue weighted by atomic mass is 10.1. The molecule has 0 radical (unpaired) electrons. The summed E-state index contributed by atoms with van der Waals surface area (Å²) in [5.74, 6) is 0. The highest BCUT2D eigenvalue weighted by Gasteiger charge is 2.16. The number of likely N-dealkylation sites (tertiary alicyclic amines) is 1. The lowest BCUT2D eigenvalue weighted by molar-refractivity contribution is 0.285. The van der Waals surface area contributed by atoms with Crippen LogP contribution in [0.2, 0.25) is 0 Å². The number of nitrogens with one attached hydrogen (secondary N) is 1. The van der Waals surface area contributed by atoms with E-state index in [2.05, 4.69) is 46.8 Å². The van der Waals surface area contributed by atoms with Gasteiger partial charge in [0, 0.05) is 23.0 Å². The van der Waals surface area contributed by atoms with E-state index in [9.17, 15) is 0 Å². The van der Waals surface area contributed by atoms with E-state index >= 15 is 0 Å². The van der Waals surface area contributed by atoms with E-state index in [1.165, 1.54) is 61.1 Å². The lowest BCUT2D eigenvalue weighted by Crippen LogP contribution is -2.27. The molecule has 1 aromatic heterocycles. The number of benzene rings is 1. The summed E-state index contributed by atoms with van der Waals surface area (Å²) in [5.41, 5.74) is 1.28. The van der Waals surface area contributed by atoms with E-state index in [0.29, 0.717) is 6.04 Å². The molecule has 3 rings (SSSR count). The van der Waals surface area contributed by atoms with Crippen molar-refractivity contribution >= 4 is 27.1 Å². The first-order valence-corrected chi connectivity index (χ1v) is 8.69. The van der Waals surface area contributed by atoms with E-state index in [0.717, 1.165) is 0 Å². The van der Waals surface area contributed by atoms with Crippen LogP contribution in [-0.2, 0) is 0 Å². The topological polar surface area (TPSA) is 15.3 Å². The first kappa shape index (κ1) is 13.9. The van der Waals surface area contributed by atoms with Crippen molar-refractivity contribution < 1.29 is 0 Å². The summed E-state index contributed by atoms with van der Waals surface area (Å²) in [5, 5.41) is 7.28. The van der Waals surface area contributed by atoms with Gasteiger partial charge in [0.2, 0.25) is 0 Å². The fourth-order valence-corrected chi connectivity index (χ4v) is 3.90. The quantitative estimate of drug-likeness (QED) is 0.886. The molecule has 1 saturated heterocycles. The lowest BCUT2D eigenvalue weighted by Gasteiger charge is -2.20. The van der Waals surface area contributed by atoms with Gasteiger partial charge in [0.1, 0.15) is 0 Å². The van der Waals surface area contributed by atoms with Crippen LogP contribution in [0.25, 0.3) is 10.1 Å². The molecule has 2 heterocycles.